The summed E-state index contributed by atoms with van der Waals surface area (Å²) in [4.78, 5) is 2.15. The lowest BCUT2D eigenvalue weighted by Crippen LogP contribution is -2.36. The van der Waals surface area contributed by atoms with Gasteiger partial charge in [0, 0.05) is 33.9 Å². The molecule has 0 aliphatic heterocycles. The van der Waals surface area contributed by atoms with E-state index < -0.39 is 6.10 Å². The fourth-order valence-corrected chi connectivity index (χ4v) is 3.59. The highest BCUT2D eigenvalue weighted by atomic mass is 16.5. The Bertz CT molecular complexity index is 931. The number of ether oxygens (including phenoxy) is 3. The number of aromatic nitrogens is 2. The maximum absolute atomic E-state index is 10.4. The number of benzene rings is 2. The van der Waals surface area contributed by atoms with Crippen molar-refractivity contribution >= 4 is 0 Å². The second-order valence-corrected chi connectivity index (χ2v) is 7.58. The molecule has 1 unspecified atom stereocenters. The topological polar surface area (TPSA) is 69.0 Å². The van der Waals surface area contributed by atoms with Gasteiger partial charge in [-0.2, -0.15) is 5.10 Å². The van der Waals surface area contributed by atoms with Crippen LogP contribution in [0, 0.1) is 0 Å². The van der Waals surface area contributed by atoms with Crippen LogP contribution in [0.2, 0.25) is 0 Å². The van der Waals surface area contributed by atoms with Crippen molar-refractivity contribution in [1.82, 2.24) is 14.7 Å². The van der Waals surface area contributed by atoms with Crippen molar-refractivity contribution in [2.75, 3.05) is 40.5 Å². The maximum atomic E-state index is 10.4. The summed E-state index contributed by atoms with van der Waals surface area (Å²) in [7, 11) is 3.27. The zero-order valence-corrected chi connectivity index (χ0v) is 19.1. The number of aliphatic hydroxyl groups is 1. The lowest BCUT2D eigenvalue weighted by atomic mass is 10.1. The van der Waals surface area contributed by atoms with Crippen molar-refractivity contribution in [3.63, 3.8) is 0 Å². The van der Waals surface area contributed by atoms with E-state index >= 15 is 0 Å². The van der Waals surface area contributed by atoms with Crippen LogP contribution in [0.5, 0.6) is 11.6 Å². The second kappa shape index (κ2) is 12.4. The number of aliphatic hydroxyl groups excluding tert-OH is 1. The molecule has 0 amide bonds. The van der Waals surface area contributed by atoms with Gasteiger partial charge < -0.3 is 19.3 Å². The molecule has 0 saturated carbocycles. The molecule has 7 heteroatoms. The molecule has 1 aromatic heterocycles. The molecule has 172 valence electrons. The van der Waals surface area contributed by atoms with E-state index in [0.29, 0.717) is 32.1 Å². The SMILES string of the molecule is CCc1nn(-c2ccccc2)c(Oc2ccccc2)c1CN(CCOC)CC(O)COC. The van der Waals surface area contributed by atoms with Gasteiger partial charge in [0.25, 0.3) is 0 Å². The summed E-state index contributed by atoms with van der Waals surface area (Å²) in [5.74, 6) is 1.43. The van der Waals surface area contributed by atoms with E-state index in [0.717, 1.165) is 29.1 Å². The van der Waals surface area contributed by atoms with Crippen LogP contribution in [0.15, 0.2) is 60.7 Å². The average Bonchev–Trinajstić information content (AvgIpc) is 3.15. The zero-order chi connectivity index (χ0) is 22.8. The van der Waals surface area contributed by atoms with E-state index in [1.165, 1.54) is 0 Å². The summed E-state index contributed by atoms with van der Waals surface area (Å²) < 4.78 is 18.7. The second-order valence-electron chi connectivity index (χ2n) is 7.58. The van der Waals surface area contributed by atoms with Gasteiger partial charge in [-0.1, -0.05) is 43.3 Å². The summed E-state index contributed by atoms with van der Waals surface area (Å²) in [6, 6.07) is 19.7. The predicted molar refractivity (Wildman–Crippen MR) is 124 cm³/mol. The number of nitrogens with zero attached hydrogens (tertiary/aromatic N) is 3. The number of aryl methyl sites for hydroxylation is 1. The van der Waals surface area contributed by atoms with Crippen molar-refractivity contribution in [3.05, 3.63) is 71.9 Å². The highest BCUT2D eigenvalue weighted by Gasteiger charge is 2.23. The molecule has 0 aliphatic rings. The molecule has 0 fully saturated rings. The Morgan fingerprint density at radius 1 is 1.00 bits per heavy atom. The minimum atomic E-state index is -0.593. The van der Waals surface area contributed by atoms with Gasteiger partial charge >= 0.3 is 0 Å². The molecule has 3 rings (SSSR count). The molecule has 1 N–H and O–H groups in total. The van der Waals surface area contributed by atoms with Crippen LogP contribution in [0.25, 0.3) is 5.69 Å². The van der Waals surface area contributed by atoms with Gasteiger partial charge in [-0.25, -0.2) is 4.68 Å². The van der Waals surface area contributed by atoms with Crippen molar-refractivity contribution in [1.29, 1.82) is 0 Å². The smallest absolute Gasteiger partial charge is 0.227 e. The van der Waals surface area contributed by atoms with E-state index in [4.69, 9.17) is 19.3 Å². The molecule has 0 aliphatic carbocycles. The van der Waals surface area contributed by atoms with E-state index in [2.05, 4.69) is 11.8 Å². The van der Waals surface area contributed by atoms with Gasteiger partial charge in [-0.15, -0.1) is 0 Å². The Morgan fingerprint density at radius 2 is 1.69 bits per heavy atom. The summed E-state index contributed by atoms with van der Waals surface area (Å²) >= 11 is 0. The van der Waals surface area contributed by atoms with E-state index in [9.17, 15) is 5.11 Å². The van der Waals surface area contributed by atoms with Gasteiger partial charge in [0.05, 0.1) is 36.3 Å². The van der Waals surface area contributed by atoms with Crippen LogP contribution >= 0.6 is 0 Å². The molecule has 0 saturated heterocycles. The zero-order valence-electron chi connectivity index (χ0n) is 19.1. The number of methoxy groups -OCH3 is 2. The lowest BCUT2D eigenvalue weighted by molar-refractivity contribution is 0.0291. The van der Waals surface area contributed by atoms with E-state index in [1.807, 2.05) is 65.3 Å². The molecular weight excluding hydrogens is 406 g/mol. The largest absolute Gasteiger partial charge is 0.439 e. The van der Waals surface area contributed by atoms with Gasteiger partial charge in [0.1, 0.15) is 5.75 Å². The summed E-state index contributed by atoms with van der Waals surface area (Å²) in [6.45, 7) is 4.63. The minimum absolute atomic E-state index is 0.279. The standard InChI is InChI=1S/C25H33N3O4/c1-4-24-23(18-27(15-16-30-2)17-21(29)19-31-3)25(32-22-13-9-6-10-14-22)28(26-24)20-11-7-5-8-12-20/h5-14,21,29H,4,15-19H2,1-3H3. The Balaban J connectivity index is 2.00. The first-order valence-corrected chi connectivity index (χ1v) is 10.9. The number of para-hydroxylation sites is 2. The minimum Gasteiger partial charge on any atom is -0.439 e. The van der Waals surface area contributed by atoms with Gasteiger partial charge in [0.15, 0.2) is 0 Å². The van der Waals surface area contributed by atoms with Crippen LogP contribution in [0.1, 0.15) is 18.2 Å². The molecule has 1 atom stereocenters. The van der Waals surface area contributed by atoms with E-state index in [-0.39, 0.29) is 6.61 Å². The highest BCUT2D eigenvalue weighted by molar-refractivity contribution is 5.43. The summed E-state index contributed by atoms with van der Waals surface area (Å²) in [6.07, 6.45) is 0.170. The van der Waals surface area contributed by atoms with Crippen molar-refractivity contribution in [2.24, 2.45) is 0 Å². The highest BCUT2D eigenvalue weighted by Crippen LogP contribution is 2.32. The van der Waals surface area contributed by atoms with Crippen LogP contribution in [-0.4, -0.2) is 66.4 Å². The van der Waals surface area contributed by atoms with Crippen LogP contribution in [0.3, 0.4) is 0 Å². The Morgan fingerprint density at radius 3 is 2.31 bits per heavy atom. The first kappa shape index (κ1) is 23.9. The van der Waals surface area contributed by atoms with Crippen molar-refractivity contribution < 1.29 is 19.3 Å². The first-order valence-electron chi connectivity index (χ1n) is 10.9. The van der Waals surface area contributed by atoms with Crippen LogP contribution in [0.4, 0.5) is 0 Å². The molecule has 0 spiro atoms. The first-order chi connectivity index (χ1) is 15.7. The molecule has 3 aromatic rings. The Hall–Kier alpha value is -2.71. The number of hydrogen-bond acceptors (Lipinski definition) is 6. The predicted octanol–water partition coefficient (Wildman–Crippen LogP) is 3.68. The lowest BCUT2D eigenvalue weighted by Gasteiger charge is -2.25. The third kappa shape index (κ3) is 6.40. The molecule has 0 radical (unpaired) electrons. The maximum Gasteiger partial charge on any atom is 0.227 e. The quantitative estimate of drug-likeness (QED) is 0.438. The normalized spacial score (nSPS) is 12.3. The summed E-state index contributed by atoms with van der Waals surface area (Å²) in [5.41, 5.74) is 2.89. The van der Waals surface area contributed by atoms with Crippen LogP contribution in [-0.2, 0) is 22.4 Å². The third-order valence-electron chi connectivity index (χ3n) is 5.13. The van der Waals surface area contributed by atoms with E-state index in [1.54, 1.807) is 14.2 Å². The summed E-state index contributed by atoms with van der Waals surface area (Å²) in [5, 5.41) is 15.2. The number of hydrogen-bond donors (Lipinski definition) is 1. The fraction of sp³-hybridized carbons (Fsp3) is 0.400. The van der Waals surface area contributed by atoms with Crippen molar-refractivity contribution in [3.8, 4) is 17.3 Å². The molecular formula is C25H33N3O4. The third-order valence-corrected chi connectivity index (χ3v) is 5.13. The molecule has 0 bridgehead atoms. The molecule has 32 heavy (non-hydrogen) atoms. The van der Waals surface area contributed by atoms with Crippen molar-refractivity contribution in [2.45, 2.75) is 26.0 Å². The van der Waals surface area contributed by atoms with Crippen LogP contribution < -0.4 is 4.74 Å². The number of rotatable bonds is 13. The molecule has 2 aromatic carbocycles. The average molecular weight is 440 g/mol. The Labute approximate surface area is 190 Å². The van der Waals surface area contributed by atoms with Gasteiger partial charge in [-0.3, -0.25) is 4.90 Å². The molecule has 1 heterocycles. The van der Waals surface area contributed by atoms with Gasteiger partial charge in [-0.05, 0) is 30.7 Å². The Kier molecular flexibility index (Phi) is 9.25. The van der Waals surface area contributed by atoms with Gasteiger partial charge in [0.2, 0.25) is 5.88 Å². The monoisotopic (exact) mass is 439 g/mol. The fourth-order valence-electron chi connectivity index (χ4n) is 3.59. The molecule has 7 nitrogen and oxygen atoms in total.